The maximum absolute atomic E-state index is 10.8. The summed E-state index contributed by atoms with van der Waals surface area (Å²) in [5, 5.41) is 20.0. The van der Waals surface area contributed by atoms with Crippen molar-refractivity contribution in [3.63, 3.8) is 0 Å². The number of rotatable bonds is 6. The number of aliphatic hydroxyl groups excluding tert-OH is 2. The van der Waals surface area contributed by atoms with Crippen molar-refractivity contribution in [3.8, 4) is 5.75 Å². The van der Waals surface area contributed by atoms with E-state index in [4.69, 9.17) is 18.9 Å². The van der Waals surface area contributed by atoms with Crippen LogP contribution in [0.15, 0.2) is 24.3 Å². The lowest BCUT2D eigenvalue weighted by Gasteiger charge is -2.48. The Morgan fingerprint density at radius 2 is 1.88 bits per heavy atom. The Hall–Kier alpha value is -1.18. The molecule has 0 unspecified atom stereocenters. The number of hydrogen-bond donors (Lipinski definition) is 2. The number of ether oxygens (including phenoxy) is 4. The van der Waals surface area contributed by atoms with Crippen LogP contribution in [0.5, 0.6) is 5.75 Å². The van der Waals surface area contributed by atoms with E-state index >= 15 is 0 Å². The summed E-state index contributed by atoms with van der Waals surface area (Å²) in [7, 11) is 1.64. The maximum atomic E-state index is 10.8. The molecular weight excluding hydrogens is 324 g/mol. The van der Waals surface area contributed by atoms with E-state index in [9.17, 15) is 10.2 Å². The minimum Gasteiger partial charge on any atom is -0.497 e. The summed E-state index contributed by atoms with van der Waals surface area (Å²) in [4.78, 5) is 0. The van der Waals surface area contributed by atoms with Crippen molar-refractivity contribution in [2.75, 3.05) is 13.7 Å². The Bertz CT molecular complexity index is 576. The molecule has 25 heavy (non-hydrogen) atoms. The summed E-state index contributed by atoms with van der Waals surface area (Å²) in [6, 6.07) is 7.72. The van der Waals surface area contributed by atoms with Gasteiger partial charge in [0, 0.05) is 5.92 Å². The molecule has 2 aliphatic heterocycles. The second kappa shape index (κ2) is 7.21. The Morgan fingerprint density at radius 1 is 1.20 bits per heavy atom. The molecule has 2 heterocycles. The molecule has 2 fully saturated rings. The van der Waals surface area contributed by atoms with Gasteiger partial charge in [0.1, 0.15) is 23.6 Å². The van der Waals surface area contributed by atoms with Crippen molar-refractivity contribution in [2.45, 2.75) is 63.5 Å². The van der Waals surface area contributed by atoms with E-state index in [1.165, 1.54) is 0 Å². The van der Waals surface area contributed by atoms with Crippen molar-refractivity contribution in [1.82, 2.24) is 0 Å². The Morgan fingerprint density at radius 3 is 2.44 bits per heavy atom. The Labute approximate surface area is 148 Å². The second-order valence-corrected chi connectivity index (χ2v) is 7.21. The summed E-state index contributed by atoms with van der Waals surface area (Å²) < 4.78 is 22.8. The van der Waals surface area contributed by atoms with Gasteiger partial charge in [-0.05, 0) is 31.5 Å². The molecule has 3 rings (SSSR count). The Kier molecular flexibility index (Phi) is 5.37. The fourth-order valence-electron chi connectivity index (χ4n) is 3.89. The van der Waals surface area contributed by atoms with Gasteiger partial charge in [0.25, 0.3) is 0 Å². The Balaban J connectivity index is 1.63. The van der Waals surface area contributed by atoms with E-state index in [0.29, 0.717) is 6.61 Å². The van der Waals surface area contributed by atoms with Gasteiger partial charge in [0.15, 0.2) is 0 Å². The van der Waals surface area contributed by atoms with E-state index < -0.39 is 11.7 Å². The van der Waals surface area contributed by atoms with Crippen molar-refractivity contribution in [1.29, 1.82) is 0 Å². The highest BCUT2D eigenvalue weighted by Gasteiger charge is 2.61. The molecule has 7 atom stereocenters. The molecule has 1 aromatic carbocycles. The van der Waals surface area contributed by atoms with Gasteiger partial charge >= 0.3 is 0 Å². The summed E-state index contributed by atoms with van der Waals surface area (Å²) >= 11 is 0. The van der Waals surface area contributed by atoms with Crippen LogP contribution in [0.3, 0.4) is 0 Å². The van der Waals surface area contributed by atoms with Crippen LogP contribution in [-0.4, -0.2) is 60.1 Å². The predicted molar refractivity (Wildman–Crippen MR) is 91.4 cm³/mol. The summed E-state index contributed by atoms with van der Waals surface area (Å²) in [5.41, 5.74) is 0.209. The zero-order valence-electron chi connectivity index (χ0n) is 15.2. The number of hydrogen-bond acceptors (Lipinski definition) is 6. The first kappa shape index (κ1) is 18.6. The first-order chi connectivity index (χ1) is 11.9. The molecule has 0 amide bonds. The molecule has 2 N–H and O–H groups in total. The molecule has 0 aliphatic carbocycles. The summed E-state index contributed by atoms with van der Waals surface area (Å²) in [5.74, 6) is 0.691. The monoisotopic (exact) mass is 352 g/mol. The average Bonchev–Trinajstić information content (AvgIpc) is 3.41. The normalized spacial score (nSPS) is 40.7. The molecule has 0 saturated carbocycles. The quantitative estimate of drug-likeness (QED) is 0.756. The highest BCUT2D eigenvalue weighted by atomic mass is 16.6. The van der Waals surface area contributed by atoms with Crippen LogP contribution in [0.1, 0.15) is 26.3 Å². The highest BCUT2D eigenvalue weighted by molar-refractivity contribution is 5.26. The highest BCUT2D eigenvalue weighted by Crippen LogP contribution is 2.44. The second-order valence-electron chi connectivity index (χ2n) is 7.21. The van der Waals surface area contributed by atoms with Crippen LogP contribution in [0.4, 0.5) is 0 Å². The molecule has 140 valence electrons. The SMILES string of the molecule is COc1ccc(CO[C@H]2[C@H](C)[C@@H](O)[C@](C)([C@H]3O[C@@H]3CO)O[C@@H]2C)cc1. The van der Waals surface area contributed by atoms with E-state index in [1.807, 2.05) is 45.0 Å². The smallest absolute Gasteiger partial charge is 0.121 e. The van der Waals surface area contributed by atoms with Gasteiger partial charge in [-0.15, -0.1) is 0 Å². The molecule has 0 radical (unpaired) electrons. The summed E-state index contributed by atoms with van der Waals surface area (Å²) in [6.45, 7) is 6.16. The third-order valence-electron chi connectivity index (χ3n) is 5.43. The van der Waals surface area contributed by atoms with Crippen LogP contribution in [0, 0.1) is 5.92 Å². The lowest BCUT2D eigenvalue weighted by molar-refractivity contribution is -0.255. The van der Waals surface area contributed by atoms with Crippen LogP contribution in [-0.2, 0) is 20.8 Å². The van der Waals surface area contributed by atoms with Crippen molar-refractivity contribution < 1.29 is 29.2 Å². The molecule has 6 nitrogen and oxygen atoms in total. The summed E-state index contributed by atoms with van der Waals surface area (Å²) in [6.07, 6.45) is -1.68. The molecule has 6 heteroatoms. The topological polar surface area (TPSA) is 80.7 Å². The van der Waals surface area contributed by atoms with Gasteiger partial charge in [-0.2, -0.15) is 0 Å². The van der Waals surface area contributed by atoms with Crippen LogP contribution in [0.2, 0.25) is 0 Å². The van der Waals surface area contributed by atoms with Crippen LogP contribution < -0.4 is 4.74 Å². The predicted octanol–water partition coefficient (Wildman–Crippen LogP) is 1.51. The van der Waals surface area contributed by atoms with Crippen LogP contribution >= 0.6 is 0 Å². The number of epoxide rings is 1. The zero-order valence-corrected chi connectivity index (χ0v) is 15.2. The molecule has 2 aliphatic rings. The zero-order chi connectivity index (χ0) is 18.2. The lowest BCUT2D eigenvalue weighted by atomic mass is 9.78. The number of aliphatic hydroxyl groups is 2. The minimum atomic E-state index is -0.827. The van der Waals surface area contributed by atoms with Crippen molar-refractivity contribution in [2.24, 2.45) is 5.92 Å². The van der Waals surface area contributed by atoms with Gasteiger partial charge < -0.3 is 29.2 Å². The van der Waals surface area contributed by atoms with Crippen LogP contribution in [0.25, 0.3) is 0 Å². The largest absolute Gasteiger partial charge is 0.497 e. The van der Waals surface area contributed by atoms with E-state index in [0.717, 1.165) is 11.3 Å². The molecule has 0 spiro atoms. The third kappa shape index (κ3) is 3.55. The molecule has 0 aromatic heterocycles. The fourth-order valence-corrected chi connectivity index (χ4v) is 3.89. The fraction of sp³-hybridized carbons (Fsp3) is 0.684. The lowest BCUT2D eigenvalue weighted by Crippen LogP contribution is -2.62. The van der Waals surface area contributed by atoms with Gasteiger partial charge in [-0.1, -0.05) is 19.1 Å². The van der Waals surface area contributed by atoms with Gasteiger partial charge in [-0.3, -0.25) is 0 Å². The first-order valence-electron chi connectivity index (χ1n) is 8.77. The minimum absolute atomic E-state index is 0.0590. The third-order valence-corrected chi connectivity index (χ3v) is 5.43. The average molecular weight is 352 g/mol. The number of methoxy groups -OCH3 is 1. The molecule has 2 saturated heterocycles. The van der Waals surface area contributed by atoms with Gasteiger partial charge in [0.2, 0.25) is 0 Å². The molecule has 1 aromatic rings. The van der Waals surface area contributed by atoms with Crippen molar-refractivity contribution >= 4 is 0 Å². The van der Waals surface area contributed by atoms with E-state index in [-0.39, 0.29) is 36.9 Å². The maximum Gasteiger partial charge on any atom is 0.121 e. The van der Waals surface area contributed by atoms with Gasteiger partial charge in [0.05, 0.1) is 38.6 Å². The van der Waals surface area contributed by atoms with E-state index in [1.54, 1.807) is 7.11 Å². The molecular formula is C19H28O6. The van der Waals surface area contributed by atoms with Crippen molar-refractivity contribution in [3.05, 3.63) is 29.8 Å². The standard InChI is InChI=1S/C19H28O6/c1-11-16(23-10-13-5-7-14(22-4)8-6-13)12(2)25-19(3,17(11)21)18-15(9-20)24-18/h5-8,11-12,15-18,20-21H,9-10H2,1-4H3/t11-,12+,15+,16-,17+,18-,19+/m0/s1. The first-order valence-corrected chi connectivity index (χ1v) is 8.77. The number of benzene rings is 1. The van der Waals surface area contributed by atoms with E-state index in [2.05, 4.69) is 0 Å². The molecule has 0 bridgehead atoms. The van der Waals surface area contributed by atoms with Gasteiger partial charge in [-0.25, -0.2) is 0 Å².